The molecule has 20 heavy (non-hydrogen) atoms. The molecule has 0 unspecified atom stereocenters. The molecule has 0 aliphatic rings. The zero-order valence-corrected chi connectivity index (χ0v) is 13.8. The number of aryl methyl sites for hydroxylation is 2. The van der Waals surface area contributed by atoms with Gasteiger partial charge in [0.15, 0.2) is 5.78 Å². The fourth-order valence-corrected chi connectivity index (χ4v) is 3.03. The van der Waals surface area contributed by atoms with Gasteiger partial charge in [-0.2, -0.15) is 5.10 Å². The summed E-state index contributed by atoms with van der Waals surface area (Å²) in [6.07, 6.45) is 0.228. The van der Waals surface area contributed by atoms with Crippen molar-refractivity contribution < 1.29 is 4.79 Å². The fraction of sp³-hybridized carbons (Fsp3) is 0.538. The van der Waals surface area contributed by atoms with Crippen molar-refractivity contribution in [2.24, 2.45) is 7.05 Å². The van der Waals surface area contributed by atoms with Gasteiger partial charge in [0, 0.05) is 24.4 Å². The third kappa shape index (κ3) is 2.76. The van der Waals surface area contributed by atoms with Crippen LogP contribution in [0.3, 0.4) is 0 Å². The largest absolute Gasteiger partial charge is 0.293 e. The second-order valence-electron chi connectivity index (χ2n) is 5.78. The van der Waals surface area contributed by atoms with Crippen LogP contribution >= 0.6 is 23.1 Å². The lowest BCUT2D eigenvalue weighted by Crippen LogP contribution is -2.17. The van der Waals surface area contributed by atoms with E-state index in [-0.39, 0.29) is 17.6 Å². The molecule has 0 radical (unpaired) electrons. The average Bonchev–Trinajstić information content (AvgIpc) is 2.90. The smallest absolute Gasteiger partial charge is 0.180 e. The molecule has 108 valence electrons. The van der Waals surface area contributed by atoms with E-state index >= 15 is 0 Å². The van der Waals surface area contributed by atoms with Gasteiger partial charge < -0.3 is 0 Å². The zero-order chi connectivity index (χ0) is 15.1. The maximum atomic E-state index is 12.5. The molecule has 0 aliphatic heterocycles. The quantitative estimate of drug-likeness (QED) is 0.818. The number of ketones is 1. The summed E-state index contributed by atoms with van der Waals surface area (Å²) >= 11 is 7.31. The lowest BCUT2D eigenvalue weighted by Gasteiger charge is -2.15. The van der Waals surface area contributed by atoms with Crippen LogP contribution in [-0.4, -0.2) is 25.2 Å². The molecule has 0 saturated carbocycles. The Hall–Kier alpha value is -1.27. The molecule has 0 amide bonds. The van der Waals surface area contributed by atoms with E-state index in [1.54, 1.807) is 11.7 Å². The van der Waals surface area contributed by atoms with Gasteiger partial charge >= 0.3 is 0 Å². The predicted molar refractivity (Wildman–Crippen MR) is 79.6 cm³/mol. The molecule has 0 bridgehead atoms. The van der Waals surface area contributed by atoms with E-state index < -0.39 is 0 Å². The highest BCUT2D eigenvalue weighted by molar-refractivity contribution is 7.08. The van der Waals surface area contributed by atoms with Crippen LogP contribution in [0, 0.1) is 6.92 Å². The van der Waals surface area contributed by atoms with Crippen LogP contribution in [0.4, 0.5) is 0 Å². The molecular formula is C13H17ClN4OS. The second kappa shape index (κ2) is 5.26. The Balaban J connectivity index is 2.32. The summed E-state index contributed by atoms with van der Waals surface area (Å²) in [6.45, 7) is 7.90. The van der Waals surface area contributed by atoms with Gasteiger partial charge in [-0.05, 0) is 18.5 Å². The van der Waals surface area contributed by atoms with E-state index in [0.717, 1.165) is 28.5 Å². The Morgan fingerprint density at radius 3 is 2.55 bits per heavy atom. The van der Waals surface area contributed by atoms with Gasteiger partial charge in [-0.25, -0.2) is 0 Å². The third-order valence-corrected chi connectivity index (χ3v) is 4.30. The first-order chi connectivity index (χ1) is 9.21. The number of hydrogen-bond acceptors (Lipinski definition) is 5. The lowest BCUT2D eigenvalue weighted by atomic mass is 9.90. The zero-order valence-electron chi connectivity index (χ0n) is 12.2. The van der Waals surface area contributed by atoms with Gasteiger partial charge in [0.2, 0.25) is 0 Å². The highest BCUT2D eigenvalue weighted by Gasteiger charge is 2.27. The normalized spacial score (nSPS) is 11.9. The van der Waals surface area contributed by atoms with Crippen LogP contribution in [0.1, 0.15) is 47.4 Å². The maximum absolute atomic E-state index is 12.5. The summed E-state index contributed by atoms with van der Waals surface area (Å²) in [5.41, 5.74) is 2.09. The average molecular weight is 313 g/mol. The van der Waals surface area contributed by atoms with Crippen molar-refractivity contribution in [3.05, 3.63) is 27.0 Å². The number of carbonyl (C=O) groups excluding carboxylic acids is 1. The summed E-state index contributed by atoms with van der Waals surface area (Å²) in [6, 6.07) is 0. The molecule has 2 aromatic heterocycles. The van der Waals surface area contributed by atoms with Gasteiger partial charge in [-0.3, -0.25) is 9.48 Å². The molecular weight excluding hydrogens is 296 g/mol. The number of nitrogens with zero attached hydrogens (tertiary/aromatic N) is 4. The lowest BCUT2D eigenvalue weighted by molar-refractivity contribution is 0.0994. The minimum atomic E-state index is -0.203. The van der Waals surface area contributed by atoms with Gasteiger partial charge in [0.25, 0.3) is 0 Å². The Labute approximate surface area is 127 Å². The van der Waals surface area contributed by atoms with Crippen LogP contribution in [0.5, 0.6) is 0 Å². The molecule has 0 aromatic carbocycles. The highest BCUT2D eigenvalue weighted by atomic mass is 35.5. The van der Waals surface area contributed by atoms with Crippen LogP contribution in [-0.2, 0) is 18.9 Å². The Morgan fingerprint density at radius 1 is 1.40 bits per heavy atom. The minimum Gasteiger partial charge on any atom is -0.293 e. The Bertz CT molecular complexity index is 654. The van der Waals surface area contributed by atoms with Crippen molar-refractivity contribution in [1.29, 1.82) is 0 Å². The molecule has 0 fully saturated rings. The highest BCUT2D eigenvalue weighted by Crippen LogP contribution is 2.28. The standard InChI is InChI=1S/C13H17ClN4OS/c1-7-8(12(14)18(5)16-7)6-9(19)10-11(13(2,3)4)15-17-20-10/h6H2,1-5H3. The molecule has 2 rings (SSSR count). The monoisotopic (exact) mass is 312 g/mol. The van der Waals surface area contributed by atoms with E-state index in [1.807, 2.05) is 27.7 Å². The Kier molecular flexibility index (Phi) is 3.97. The van der Waals surface area contributed by atoms with Crippen LogP contribution in [0.25, 0.3) is 0 Å². The molecule has 0 N–H and O–H groups in total. The molecule has 0 aliphatic carbocycles. The van der Waals surface area contributed by atoms with Crippen molar-refractivity contribution in [3.8, 4) is 0 Å². The van der Waals surface area contributed by atoms with E-state index in [2.05, 4.69) is 14.7 Å². The molecule has 0 saturated heterocycles. The van der Waals surface area contributed by atoms with Crippen molar-refractivity contribution in [2.45, 2.75) is 39.5 Å². The van der Waals surface area contributed by atoms with Crippen molar-refractivity contribution in [1.82, 2.24) is 19.4 Å². The van der Waals surface area contributed by atoms with E-state index in [4.69, 9.17) is 11.6 Å². The fourth-order valence-electron chi connectivity index (χ4n) is 1.98. The maximum Gasteiger partial charge on any atom is 0.180 e. The van der Waals surface area contributed by atoms with E-state index in [0.29, 0.717) is 10.0 Å². The second-order valence-corrected chi connectivity index (χ2v) is 6.89. The number of halogens is 1. The van der Waals surface area contributed by atoms with E-state index in [1.165, 1.54) is 0 Å². The first-order valence-corrected chi connectivity index (χ1v) is 7.41. The number of rotatable bonds is 3. The molecule has 0 spiro atoms. The summed E-state index contributed by atoms with van der Waals surface area (Å²) < 4.78 is 5.50. The van der Waals surface area contributed by atoms with Crippen molar-refractivity contribution >= 4 is 28.9 Å². The number of carbonyl (C=O) groups is 1. The van der Waals surface area contributed by atoms with Crippen LogP contribution in [0.2, 0.25) is 5.15 Å². The van der Waals surface area contributed by atoms with Gasteiger partial charge in [-0.15, -0.1) is 5.10 Å². The van der Waals surface area contributed by atoms with Gasteiger partial charge in [0.05, 0.1) is 11.4 Å². The molecule has 0 atom stereocenters. The Morgan fingerprint density at radius 2 is 2.05 bits per heavy atom. The molecule has 2 aromatic rings. The van der Waals surface area contributed by atoms with E-state index in [9.17, 15) is 4.79 Å². The van der Waals surface area contributed by atoms with Crippen LogP contribution in [0.15, 0.2) is 0 Å². The molecule has 5 nitrogen and oxygen atoms in total. The summed E-state index contributed by atoms with van der Waals surface area (Å²) in [5, 5.41) is 8.82. The first kappa shape index (κ1) is 15.1. The van der Waals surface area contributed by atoms with Crippen LogP contribution < -0.4 is 0 Å². The summed E-state index contributed by atoms with van der Waals surface area (Å²) in [7, 11) is 1.76. The predicted octanol–water partition coefficient (Wildman–Crippen LogP) is 2.96. The SMILES string of the molecule is Cc1nn(C)c(Cl)c1CC(=O)c1snnc1C(C)(C)C. The third-order valence-electron chi connectivity index (χ3n) is 3.06. The van der Waals surface area contributed by atoms with Gasteiger partial charge in [-0.1, -0.05) is 36.9 Å². The first-order valence-electron chi connectivity index (χ1n) is 6.25. The number of hydrogen-bond donors (Lipinski definition) is 0. The van der Waals surface area contributed by atoms with Crippen molar-refractivity contribution in [3.63, 3.8) is 0 Å². The summed E-state index contributed by atoms with van der Waals surface area (Å²) in [5.74, 6) is -0.0112. The topological polar surface area (TPSA) is 60.7 Å². The minimum absolute atomic E-state index is 0.0112. The number of aromatic nitrogens is 4. The molecule has 2 heterocycles. The summed E-state index contributed by atoms with van der Waals surface area (Å²) in [4.78, 5) is 13.1. The molecule has 7 heteroatoms. The van der Waals surface area contributed by atoms with Crippen molar-refractivity contribution in [2.75, 3.05) is 0 Å². The van der Waals surface area contributed by atoms with Gasteiger partial charge in [0.1, 0.15) is 10.0 Å². The number of Topliss-reactive ketones (excluding diaryl/α,β-unsaturated/α-hetero) is 1.